The molecule has 0 unspecified atom stereocenters. The quantitative estimate of drug-likeness (QED) is 0.733. The van der Waals surface area contributed by atoms with Crippen molar-refractivity contribution in [1.82, 2.24) is 4.90 Å². The van der Waals surface area contributed by atoms with Gasteiger partial charge in [0.2, 0.25) is 0 Å². The number of rotatable bonds is 4. The largest absolute Gasteiger partial charge is 0.360 e. The zero-order valence-corrected chi connectivity index (χ0v) is 18.1. The number of benzene rings is 2. The molecule has 2 amide bonds. The van der Waals surface area contributed by atoms with Crippen LogP contribution < -0.4 is 9.80 Å². The van der Waals surface area contributed by atoms with Gasteiger partial charge in [-0.1, -0.05) is 35.9 Å². The molecule has 0 radical (unpaired) electrons. The van der Waals surface area contributed by atoms with Crippen molar-refractivity contribution in [1.29, 1.82) is 0 Å². The van der Waals surface area contributed by atoms with E-state index in [4.69, 9.17) is 11.6 Å². The van der Waals surface area contributed by atoms with Crippen LogP contribution in [-0.2, 0) is 4.79 Å². The maximum atomic E-state index is 13.9. The number of amides is 2. The summed E-state index contributed by atoms with van der Waals surface area (Å²) in [5.41, 5.74) is 2.44. The SMILES string of the molecule is Cc1ccc(N2CC[NH+](CN3C(=O)S/C(=C/c4ccccc4F)C3=O)CC2)cc1Cl. The molecule has 1 N–H and O–H groups in total. The predicted octanol–water partition coefficient (Wildman–Crippen LogP) is 3.19. The van der Waals surface area contributed by atoms with E-state index in [1.54, 1.807) is 18.2 Å². The minimum Gasteiger partial charge on any atom is -0.360 e. The second kappa shape index (κ2) is 8.79. The second-order valence-corrected chi connectivity index (χ2v) is 8.86. The average molecular weight is 447 g/mol. The Morgan fingerprint density at radius 1 is 1.17 bits per heavy atom. The van der Waals surface area contributed by atoms with E-state index in [1.807, 2.05) is 19.1 Å². The smallest absolute Gasteiger partial charge is 0.298 e. The normalized spacial score (nSPS) is 19.2. The highest BCUT2D eigenvalue weighted by Crippen LogP contribution is 2.32. The van der Waals surface area contributed by atoms with E-state index in [1.165, 1.54) is 21.9 Å². The van der Waals surface area contributed by atoms with Crippen molar-refractivity contribution in [2.75, 3.05) is 37.7 Å². The van der Waals surface area contributed by atoms with Gasteiger partial charge in [0.15, 0.2) is 6.67 Å². The molecule has 0 aliphatic carbocycles. The monoisotopic (exact) mass is 446 g/mol. The van der Waals surface area contributed by atoms with Crippen LogP contribution in [0.2, 0.25) is 5.02 Å². The Bertz CT molecular complexity index is 1020. The maximum absolute atomic E-state index is 13.9. The molecule has 0 bridgehead atoms. The Morgan fingerprint density at radius 2 is 1.90 bits per heavy atom. The van der Waals surface area contributed by atoms with Crippen molar-refractivity contribution < 1.29 is 18.9 Å². The summed E-state index contributed by atoms with van der Waals surface area (Å²) < 4.78 is 13.9. The van der Waals surface area contributed by atoms with E-state index in [0.29, 0.717) is 12.2 Å². The Labute approximate surface area is 184 Å². The highest BCUT2D eigenvalue weighted by Gasteiger charge is 2.38. The number of piperazine rings is 1. The van der Waals surface area contributed by atoms with Gasteiger partial charge in [-0.2, -0.15) is 0 Å². The fourth-order valence-electron chi connectivity index (χ4n) is 3.61. The van der Waals surface area contributed by atoms with Crippen molar-refractivity contribution in [3.05, 3.63) is 69.3 Å². The zero-order valence-electron chi connectivity index (χ0n) is 16.5. The minimum absolute atomic E-state index is 0.262. The van der Waals surface area contributed by atoms with Crippen LogP contribution in [0.5, 0.6) is 0 Å². The molecule has 156 valence electrons. The third-order valence-corrected chi connectivity index (χ3v) is 6.75. The van der Waals surface area contributed by atoms with Gasteiger partial charge in [0.05, 0.1) is 31.1 Å². The molecular weight excluding hydrogens is 425 g/mol. The summed E-state index contributed by atoms with van der Waals surface area (Å²) >= 11 is 7.11. The summed E-state index contributed by atoms with van der Waals surface area (Å²) in [5.74, 6) is -0.768. The molecule has 0 aromatic heterocycles. The molecule has 2 heterocycles. The van der Waals surface area contributed by atoms with E-state index in [0.717, 1.165) is 54.2 Å². The third-order valence-electron chi connectivity index (χ3n) is 5.44. The van der Waals surface area contributed by atoms with Crippen molar-refractivity contribution in [3.8, 4) is 0 Å². The number of imide groups is 1. The number of nitrogens with one attached hydrogen (secondary N) is 1. The molecule has 30 heavy (non-hydrogen) atoms. The van der Waals surface area contributed by atoms with E-state index in [2.05, 4.69) is 11.0 Å². The molecular formula is C22H22ClFN3O2S+. The topological polar surface area (TPSA) is 45.1 Å². The summed E-state index contributed by atoms with van der Waals surface area (Å²) in [5, 5.41) is 0.449. The fourth-order valence-corrected chi connectivity index (χ4v) is 4.61. The van der Waals surface area contributed by atoms with Crippen LogP contribution >= 0.6 is 23.4 Å². The average Bonchev–Trinajstić information content (AvgIpc) is 3.00. The second-order valence-electron chi connectivity index (χ2n) is 7.46. The lowest BCUT2D eigenvalue weighted by Gasteiger charge is -2.34. The number of carbonyl (C=O) groups excluding carboxylic acids is 2. The van der Waals surface area contributed by atoms with Gasteiger partial charge in [0.25, 0.3) is 11.1 Å². The number of thioether (sulfide) groups is 1. The highest BCUT2D eigenvalue weighted by atomic mass is 35.5. The molecule has 2 aliphatic rings. The van der Waals surface area contributed by atoms with Crippen LogP contribution in [0.1, 0.15) is 11.1 Å². The lowest BCUT2D eigenvalue weighted by molar-refractivity contribution is -0.907. The van der Waals surface area contributed by atoms with Gasteiger partial charge in [-0.25, -0.2) is 9.29 Å². The van der Waals surface area contributed by atoms with Gasteiger partial charge < -0.3 is 9.80 Å². The number of halogens is 2. The number of hydrogen-bond donors (Lipinski definition) is 1. The lowest BCUT2D eigenvalue weighted by atomic mass is 10.2. The molecule has 0 saturated carbocycles. The van der Waals surface area contributed by atoms with Crippen LogP contribution in [0.15, 0.2) is 47.4 Å². The Morgan fingerprint density at radius 3 is 2.60 bits per heavy atom. The van der Waals surface area contributed by atoms with Crippen molar-refractivity contribution in [2.24, 2.45) is 0 Å². The fraction of sp³-hybridized carbons (Fsp3) is 0.273. The number of quaternary nitrogens is 1. The van der Waals surface area contributed by atoms with Crippen LogP contribution in [0.3, 0.4) is 0 Å². The number of carbonyl (C=O) groups is 2. The third kappa shape index (κ3) is 4.38. The highest BCUT2D eigenvalue weighted by molar-refractivity contribution is 8.18. The Hall–Kier alpha value is -2.35. The molecule has 0 atom stereocenters. The Kier molecular flexibility index (Phi) is 6.13. The van der Waals surface area contributed by atoms with Gasteiger partial charge in [-0.3, -0.25) is 9.59 Å². The molecule has 5 nitrogen and oxygen atoms in total. The maximum Gasteiger partial charge on any atom is 0.298 e. The zero-order chi connectivity index (χ0) is 21.3. The molecule has 0 spiro atoms. The van der Waals surface area contributed by atoms with Gasteiger partial charge in [0.1, 0.15) is 5.82 Å². The molecule has 2 aromatic rings. The first-order chi connectivity index (χ1) is 14.4. The predicted molar refractivity (Wildman–Crippen MR) is 118 cm³/mol. The first kappa shape index (κ1) is 20.9. The van der Waals surface area contributed by atoms with E-state index < -0.39 is 5.82 Å². The number of anilines is 1. The minimum atomic E-state index is -0.415. The summed E-state index contributed by atoms with van der Waals surface area (Å²) in [6.07, 6.45) is 1.45. The lowest BCUT2D eigenvalue weighted by Crippen LogP contribution is -3.16. The molecule has 2 aliphatic heterocycles. The number of aryl methyl sites for hydroxylation is 1. The van der Waals surface area contributed by atoms with Crippen molar-refractivity contribution >= 4 is 46.3 Å². The number of nitrogens with zero attached hydrogens (tertiary/aromatic N) is 2. The summed E-state index contributed by atoms with van der Waals surface area (Å²) in [4.78, 5) is 30.1. The summed E-state index contributed by atoms with van der Waals surface area (Å²) in [6.45, 7) is 5.54. The van der Waals surface area contributed by atoms with E-state index in [9.17, 15) is 14.0 Å². The Balaban J connectivity index is 1.38. The molecule has 2 aromatic carbocycles. The van der Waals surface area contributed by atoms with Gasteiger partial charge in [0, 0.05) is 16.3 Å². The first-order valence-electron chi connectivity index (χ1n) is 9.77. The number of hydrogen-bond acceptors (Lipinski definition) is 4. The van der Waals surface area contributed by atoms with E-state index >= 15 is 0 Å². The van der Waals surface area contributed by atoms with Crippen molar-refractivity contribution in [3.63, 3.8) is 0 Å². The van der Waals surface area contributed by atoms with Crippen molar-refractivity contribution in [2.45, 2.75) is 6.92 Å². The van der Waals surface area contributed by atoms with Gasteiger partial charge >= 0.3 is 0 Å². The van der Waals surface area contributed by atoms with Gasteiger partial charge in [-0.15, -0.1) is 0 Å². The molecule has 2 fully saturated rings. The van der Waals surface area contributed by atoms with Crippen LogP contribution in [0.25, 0.3) is 6.08 Å². The standard InChI is InChI=1S/C22H21ClFN3O2S/c1-15-6-7-17(13-18(15)23)26-10-8-25(9-11-26)14-27-21(28)20(30-22(27)29)12-16-4-2-3-5-19(16)24/h2-7,12-13H,8-11,14H2,1H3/p+1/b20-12+. The summed E-state index contributed by atoms with van der Waals surface area (Å²) in [6, 6.07) is 12.3. The molecule has 4 rings (SSSR count). The van der Waals surface area contributed by atoms with Crippen LogP contribution in [0, 0.1) is 12.7 Å². The molecule has 2 saturated heterocycles. The molecule has 8 heteroatoms. The summed E-state index contributed by atoms with van der Waals surface area (Å²) in [7, 11) is 0. The van der Waals surface area contributed by atoms with E-state index in [-0.39, 0.29) is 16.1 Å². The van der Waals surface area contributed by atoms with Crippen LogP contribution in [0.4, 0.5) is 14.9 Å². The van der Waals surface area contributed by atoms with Crippen LogP contribution in [-0.4, -0.2) is 48.9 Å². The van der Waals surface area contributed by atoms with Gasteiger partial charge in [-0.05, 0) is 48.5 Å². The first-order valence-corrected chi connectivity index (χ1v) is 11.0.